The van der Waals surface area contributed by atoms with E-state index in [0.29, 0.717) is 33.6 Å². The predicted molar refractivity (Wildman–Crippen MR) is 78.7 cm³/mol. The van der Waals surface area contributed by atoms with Crippen LogP contribution in [-0.4, -0.2) is 44.9 Å². The van der Waals surface area contributed by atoms with E-state index in [1.165, 1.54) is 11.3 Å². The molecule has 4 rings (SSSR count). The van der Waals surface area contributed by atoms with Crippen LogP contribution >= 0.6 is 11.3 Å². The molecule has 6 nitrogen and oxygen atoms in total. The summed E-state index contributed by atoms with van der Waals surface area (Å²) >= 11 is 1.37. The molecule has 3 heterocycles. The minimum absolute atomic E-state index is 0.0616. The van der Waals surface area contributed by atoms with Crippen LogP contribution in [0.3, 0.4) is 0 Å². The monoisotopic (exact) mass is 301 g/mol. The number of aromatic nitrogens is 3. The lowest BCUT2D eigenvalue weighted by atomic mass is 10.3. The van der Waals surface area contributed by atoms with Crippen molar-refractivity contribution in [3.05, 3.63) is 29.0 Å². The van der Waals surface area contributed by atoms with Crippen molar-refractivity contribution in [1.29, 1.82) is 0 Å². The van der Waals surface area contributed by atoms with Gasteiger partial charge < -0.3 is 10.6 Å². The topological polar surface area (TPSA) is 85.0 Å². The molecule has 1 unspecified atom stereocenters. The summed E-state index contributed by atoms with van der Waals surface area (Å²) in [6.45, 7) is 3.41. The average molecular weight is 301 g/mol. The zero-order valence-corrected chi connectivity index (χ0v) is 12.4. The smallest absolute Gasteiger partial charge is 0.265 e. The van der Waals surface area contributed by atoms with Crippen LogP contribution in [0.5, 0.6) is 0 Å². The minimum atomic E-state index is 0.0616. The zero-order chi connectivity index (χ0) is 14.6. The molecule has 2 aromatic heterocycles. The molecule has 3 atom stereocenters. The van der Waals surface area contributed by atoms with Gasteiger partial charge in [0.2, 0.25) is 0 Å². The third kappa shape index (κ3) is 2.04. The Kier molecular flexibility index (Phi) is 2.80. The van der Waals surface area contributed by atoms with Crippen molar-refractivity contribution < 1.29 is 4.79 Å². The van der Waals surface area contributed by atoms with Crippen LogP contribution in [0.15, 0.2) is 18.5 Å². The molecular formula is C14H15N5OS. The fourth-order valence-corrected chi connectivity index (χ4v) is 3.96. The van der Waals surface area contributed by atoms with Crippen LogP contribution in [0.25, 0.3) is 10.8 Å². The van der Waals surface area contributed by atoms with Gasteiger partial charge in [-0.3, -0.25) is 4.79 Å². The van der Waals surface area contributed by atoms with Gasteiger partial charge in [-0.15, -0.1) is 11.3 Å². The molecule has 1 saturated carbocycles. The highest BCUT2D eigenvalue weighted by Gasteiger charge is 2.54. The number of aryl methyl sites for hydroxylation is 1. The minimum Gasteiger partial charge on any atom is -0.337 e. The van der Waals surface area contributed by atoms with Crippen molar-refractivity contribution in [3.63, 3.8) is 0 Å². The van der Waals surface area contributed by atoms with Gasteiger partial charge in [-0.25, -0.2) is 15.0 Å². The lowest BCUT2D eigenvalue weighted by Gasteiger charge is -2.18. The van der Waals surface area contributed by atoms with Gasteiger partial charge in [0.15, 0.2) is 10.8 Å². The highest BCUT2D eigenvalue weighted by atomic mass is 32.1. The maximum atomic E-state index is 12.6. The molecular weight excluding hydrogens is 286 g/mol. The van der Waals surface area contributed by atoms with E-state index in [1.807, 2.05) is 11.8 Å². The summed E-state index contributed by atoms with van der Waals surface area (Å²) in [6, 6.07) is 2.06. The summed E-state index contributed by atoms with van der Waals surface area (Å²) in [5.41, 5.74) is 6.67. The molecule has 2 fully saturated rings. The Hall–Kier alpha value is -1.86. The van der Waals surface area contributed by atoms with Gasteiger partial charge in [0.05, 0.1) is 5.69 Å². The summed E-state index contributed by atoms with van der Waals surface area (Å²) in [7, 11) is 0. The van der Waals surface area contributed by atoms with Gasteiger partial charge >= 0.3 is 0 Å². The number of nitrogens with zero attached hydrogens (tertiary/aromatic N) is 4. The molecule has 1 aliphatic carbocycles. The molecule has 1 saturated heterocycles. The first-order valence-corrected chi connectivity index (χ1v) is 7.76. The molecule has 0 spiro atoms. The lowest BCUT2D eigenvalue weighted by Crippen LogP contribution is -2.33. The van der Waals surface area contributed by atoms with Gasteiger partial charge in [-0.2, -0.15) is 0 Å². The largest absolute Gasteiger partial charge is 0.337 e. The third-order valence-electron chi connectivity index (χ3n) is 4.30. The van der Waals surface area contributed by atoms with Gasteiger partial charge in [0, 0.05) is 31.5 Å². The second-order valence-electron chi connectivity index (χ2n) is 5.62. The molecule has 2 aliphatic rings. The van der Waals surface area contributed by atoms with Crippen LogP contribution in [0, 0.1) is 18.8 Å². The van der Waals surface area contributed by atoms with Crippen molar-refractivity contribution in [2.75, 3.05) is 13.1 Å². The molecule has 108 valence electrons. The number of hydrogen-bond donors (Lipinski definition) is 1. The van der Waals surface area contributed by atoms with Crippen molar-refractivity contribution in [3.8, 4) is 10.8 Å². The highest BCUT2D eigenvalue weighted by molar-refractivity contribution is 7.17. The number of hydrogen-bond acceptors (Lipinski definition) is 6. The summed E-state index contributed by atoms with van der Waals surface area (Å²) in [5, 5.41) is 0.692. The third-order valence-corrected chi connectivity index (χ3v) is 5.44. The quantitative estimate of drug-likeness (QED) is 0.892. The van der Waals surface area contributed by atoms with Gasteiger partial charge in [0.1, 0.15) is 4.88 Å². The lowest BCUT2D eigenvalue weighted by molar-refractivity contribution is 0.0777. The standard InChI is InChI=1S/C14H15N5OS/c1-7-11(14(20)19-5-8-9(6-19)10(8)15)21-13(18-7)12-16-3-2-4-17-12/h2-4,8-10H,5-6,15H2,1H3/t8-,9+,10?. The molecule has 2 aromatic rings. The first-order valence-electron chi connectivity index (χ1n) is 6.95. The number of piperidine rings is 1. The number of thiazole rings is 1. The van der Waals surface area contributed by atoms with E-state index in [-0.39, 0.29) is 5.91 Å². The Morgan fingerprint density at radius 1 is 1.33 bits per heavy atom. The summed E-state index contributed by atoms with van der Waals surface area (Å²) in [6.07, 6.45) is 3.35. The van der Waals surface area contributed by atoms with Crippen molar-refractivity contribution in [1.82, 2.24) is 19.9 Å². The van der Waals surface area contributed by atoms with E-state index in [1.54, 1.807) is 18.5 Å². The fraction of sp³-hybridized carbons (Fsp3) is 0.429. The summed E-state index contributed by atoms with van der Waals surface area (Å²) in [4.78, 5) is 28.0. The Labute approximate surface area is 126 Å². The maximum absolute atomic E-state index is 12.6. The Balaban J connectivity index is 1.58. The molecule has 21 heavy (non-hydrogen) atoms. The van der Waals surface area contributed by atoms with E-state index in [2.05, 4.69) is 15.0 Å². The van der Waals surface area contributed by atoms with E-state index < -0.39 is 0 Å². The fourth-order valence-electron chi connectivity index (χ4n) is 2.98. The first kappa shape index (κ1) is 12.8. The summed E-state index contributed by atoms with van der Waals surface area (Å²) < 4.78 is 0. The Morgan fingerprint density at radius 3 is 2.67 bits per heavy atom. The van der Waals surface area contributed by atoms with E-state index in [4.69, 9.17) is 5.73 Å². The first-order chi connectivity index (χ1) is 10.1. The van der Waals surface area contributed by atoms with Crippen LogP contribution < -0.4 is 5.73 Å². The number of rotatable bonds is 2. The van der Waals surface area contributed by atoms with Crippen molar-refractivity contribution >= 4 is 17.2 Å². The number of fused-ring (bicyclic) bond motifs is 1. The molecule has 1 amide bonds. The molecule has 7 heteroatoms. The van der Waals surface area contributed by atoms with Crippen LogP contribution in [-0.2, 0) is 0 Å². The Morgan fingerprint density at radius 2 is 2.00 bits per heavy atom. The SMILES string of the molecule is Cc1nc(-c2ncccn2)sc1C(=O)N1C[C@@H]2C(N)[C@@H]2C1. The number of carbonyl (C=O) groups excluding carboxylic acids is 1. The number of nitrogens with two attached hydrogens (primary N) is 1. The highest BCUT2D eigenvalue weighted by Crippen LogP contribution is 2.44. The summed E-state index contributed by atoms with van der Waals surface area (Å²) in [5.74, 6) is 1.63. The molecule has 0 aromatic carbocycles. The van der Waals surface area contributed by atoms with E-state index in [0.717, 1.165) is 18.8 Å². The normalized spacial score (nSPS) is 26.8. The maximum Gasteiger partial charge on any atom is 0.265 e. The van der Waals surface area contributed by atoms with Gasteiger partial charge in [-0.05, 0) is 24.8 Å². The average Bonchev–Trinajstić information content (AvgIpc) is 2.91. The molecule has 0 radical (unpaired) electrons. The van der Waals surface area contributed by atoms with Crippen LogP contribution in [0.2, 0.25) is 0 Å². The second kappa shape index (κ2) is 4.57. The van der Waals surface area contributed by atoms with E-state index in [9.17, 15) is 4.79 Å². The predicted octanol–water partition coefficient (Wildman–Crippen LogP) is 0.938. The number of likely N-dealkylation sites (tertiary alicyclic amines) is 1. The Bertz CT molecular complexity index is 689. The number of carbonyl (C=O) groups is 1. The molecule has 2 N–H and O–H groups in total. The van der Waals surface area contributed by atoms with Crippen LogP contribution in [0.1, 0.15) is 15.4 Å². The second-order valence-corrected chi connectivity index (χ2v) is 6.62. The van der Waals surface area contributed by atoms with Gasteiger partial charge in [0.25, 0.3) is 5.91 Å². The van der Waals surface area contributed by atoms with Crippen molar-refractivity contribution in [2.24, 2.45) is 17.6 Å². The number of amides is 1. The van der Waals surface area contributed by atoms with Crippen LogP contribution in [0.4, 0.5) is 0 Å². The molecule has 0 bridgehead atoms. The molecule has 1 aliphatic heterocycles. The van der Waals surface area contributed by atoms with Crippen molar-refractivity contribution in [2.45, 2.75) is 13.0 Å². The van der Waals surface area contributed by atoms with E-state index >= 15 is 0 Å². The zero-order valence-electron chi connectivity index (χ0n) is 11.6. The van der Waals surface area contributed by atoms with Gasteiger partial charge in [-0.1, -0.05) is 0 Å².